The summed E-state index contributed by atoms with van der Waals surface area (Å²) < 4.78 is 5.34. The number of benzene rings is 3. The molecule has 0 saturated carbocycles. The van der Waals surface area contributed by atoms with Gasteiger partial charge in [-0.15, -0.1) is 6.42 Å². The average molecular weight is 546 g/mol. The zero-order chi connectivity index (χ0) is 28.7. The third-order valence-electron chi connectivity index (χ3n) is 5.94. The fourth-order valence-corrected chi connectivity index (χ4v) is 4.50. The number of nitrogens with one attached hydrogen (secondary N) is 2. The van der Waals surface area contributed by atoms with Crippen LogP contribution in [-0.4, -0.2) is 46.2 Å². The minimum absolute atomic E-state index is 0.00288. The van der Waals surface area contributed by atoms with Gasteiger partial charge in [0.05, 0.1) is 0 Å². The lowest BCUT2D eigenvalue weighted by molar-refractivity contribution is -0.142. The standard InChI is InChI=1S/C31H35N3O4S/c1-7-21-12-10-11-15-25(21)27(28(35)32-24-17-16-22-13-8-9-14-23(22)18-24)34(20(2)3)29(36)26(19-39)33-30(37)38-31(4,5)6/h1,8-18,20,26-27,39H,19H2,2-6H3,(H,32,35)(H,33,37). The summed E-state index contributed by atoms with van der Waals surface area (Å²) in [7, 11) is 0. The number of ether oxygens (including phenoxy) is 1. The number of thiol groups is 1. The van der Waals surface area contributed by atoms with Crippen molar-refractivity contribution in [1.29, 1.82) is 0 Å². The van der Waals surface area contributed by atoms with Gasteiger partial charge < -0.3 is 20.3 Å². The zero-order valence-electron chi connectivity index (χ0n) is 22.9. The fourth-order valence-electron chi connectivity index (χ4n) is 4.26. The van der Waals surface area contributed by atoms with E-state index in [0.29, 0.717) is 16.8 Å². The maximum Gasteiger partial charge on any atom is 0.408 e. The van der Waals surface area contributed by atoms with Gasteiger partial charge in [0.1, 0.15) is 17.7 Å². The quantitative estimate of drug-likeness (QED) is 0.255. The highest BCUT2D eigenvalue weighted by atomic mass is 32.1. The summed E-state index contributed by atoms with van der Waals surface area (Å²) in [5.41, 5.74) is 0.809. The van der Waals surface area contributed by atoms with Crippen LogP contribution in [-0.2, 0) is 14.3 Å². The molecule has 0 aliphatic rings. The Balaban J connectivity index is 2.03. The maximum atomic E-state index is 14.0. The second-order valence-corrected chi connectivity index (χ2v) is 10.8. The third-order valence-corrected chi connectivity index (χ3v) is 6.30. The Labute approximate surface area is 235 Å². The lowest BCUT2D eigenvalue weighted by Gasteiger charge is -2.37. The molecule has 7 nitrogen and oxygen atoms in total. The van der Waals surface area contributed by atoms with Gasteiger partial charge >= 0.3 is 6.09 Å². The van der Waals surface area contributed by atoms with E-state index in [1.165, 1.54) is 4.90 Å². The molecule has 0 heterocycles. The van der Waals surface area contributed by atoms with Crippen LogP contribution in [0.1, 0.15) is 51.8 Å². The molecular formula is C31H35N3O4S. The monoisotopic (exact) mass is 545 g/mol. The minimum Gasteiger partial charge on any atom is -0.444 e. The lowest BCUT2D eigenvalue weighted by atomic mass is 9.96. The van der Waals surface area contributed by atoms with Crippen molar-refractivity contribution in [2.45, 2.75) is 58.3 Å². The maximum absolute atomic E-state index is 14.0. The van der Waals surface area contributed by atoms with Crippen LogP contribution in [0.25, 0.3) is 10.8 Å². The molecule has 0 aromatic heterocycles. The Morgan fingerprint density at radius 3 is 2.26 bits per heavy atom. The summed E-state index contributed by atoms with van der Waals surface area (Å²) >= 11 is 4.31. The number of carbonyl (C=O) groups is 3. The number of terminal acetylenes is 1. The molecule has 3 aromatic rings. The fraction of sp³-hybridized carbons (Fsp3) is 0.323. The predicted octanol–water partition coefficient (Wildman–Crippen LogP) is 5.56. The summed E-state index contributed by atoms with van der Waals surface area (Å²) in [5.74, 6) is 1.70. The molecule has 0 aliphatic heterocycles. The number of amides is 3. The van der Waals surface area contributed by atoms with Crippen molar-refractivity contribution in [2.75, 3.05) is 11.1 Å². The summed E-state index contributed by atoms with van der Waals surface area (Å²) in [4.78, 5) is 41.9. The smallest absolute Gasteiger partial charge is 0.408 e. The van der Waals surface area contributed by atoms with Crippen molar-refractivity contribution in [1.82, 2.24) is 10.2 Å². The SMILES string of the molecule is C#Cc1ccccc1C(C(=O)Nc1ccc2ccccc2c1)N(C(=O)C(CS)NC(=O)OC(C)(C)C)C(C)C. The molecular weight excluding hydrogens is 510 g/mol. The van der Waals surface area contributed by atoms with E-state index >= 15 is 0 Å². The Morgan fingerprint density at radius 1 is 1.00 bits per heavy atom. The van der Waals surface area contributed by atoms with Gasteiger partial charge in [-0.1, -0.05) is 54.5 Å². The molecule has 3 aromatic carbocycles. The van der Waals surface area contributed by atoms with E-state index in [4.69, 9.17) is 11.2 Å². The number of alkyl carbamates (subject to hydrolysis) is 1. The Bertz CT molecular complexity index is 1390. The van der Waals surface area contributed by atoms with Crippen LogP contribution >= 0.6 is 12.6 Å². The van der Waals surface area contributed by atoms with E-state index in [0.717, 1.165) is 10.8 Å². The number of nitrogens with zero attached hydrogens (tertiary/aromatic N) is 1. The normalized spacial score (nSPS) is 12.8. The van der Waals surface area contributed by atoms with Crippen LogP contribution in [0.4, 0.5) is 10.5 Å². The Morgan fingerprint density at radius 2 is 1.64 bits per heavy atom. The molecule has 2 atom stereocenters. The minimum atomic E-state index is -1.08. The molecule has 2 N–H and O–H groups in total. The highest BCUT2D eigenvalue weighted by Crippen LogP contribution is 2.29. The second kappa shape index (κ2) is 12.7. The number of carbonyl (C=O) groups excluding carboxylic acids is 3. The van der Waals surface area contributed by atoms with Crippen molar-refractivity contribution in [3.63, 3.8) is 0 Å². The van der Waals surface area contributed by atoms with Gasteiger partial charge in [-0.3, -0.25) is 9.59 Å². The van der Waals surface area contributed by atoms with Gasteiger partial charge in [0.15, 0.2) is 0 Å². The first kappa shape index (κ1) is 29.6. The predicted molar refractivity (Wildman–Crippen MR) is 159 cm³/mol. The van der Waals surface area contributed by atoms with Crippen molar-refractivity contribution in [3.05, 3.63) is 77.9 Å². The van der Waals surface area contributed by atoms with Crippen LogP contribution in [0.5, 0.6) is 0 Å². The zero-order valence-corrected chi connectivity index (χ0v) is 23.8. The number of fused-ring (bicyclic) bond motifs is 1. The topological polar surface area (TPSA) is 87.7 Å². The van der Waals surface area contributed by atoms with E-state index in [-0.39, 0.29) is 5.75 Å². The van der Waals surface area contributed by atoms with E-state index in [2.05, 4.69) is 29.2 Å². The first-order chi connectivity index (χ1) is 18.4. The molecule has 8 heteroatoms. The van der Waals surface area contributed by atoms with E-state index < -0.39 is 41.6 Å². The molecule has 0 saturated heterocycles. The van der Waals surface area contributed by atoms with Gasteiger partial charge in [0, 0.05) is 23.0 Å². The summed E-state index contributed by atoms with van der Waals surface area (Å²) in [5, 5.41) is 7.57. The molecule has 2 unspecified atom stereocenters. The number of hydrogen-bond donors (Lipinski definition) is 3. The van der Waals surface area contributed by atoms with Crippen molar-refractivity contribution >= 4 is 47.0 Å². The molecule has 0 fully saturated rings. The average Bonchev–Trinajstić information content (AvgIpc) is 2.88. The van der Waals surface area contributed by atoms with Gasteiger partial charge in [0.25, 0.3) is 5.91 Å². The number of hydrogen-bond acceptors (Lipinski definition) is 5. The second-order valence-electron chi connectivity index (χ2n) is 10.4. The molecule has 0 spiro atoms. The Hall–Kier alpha value is -3.96. The Kier molecular flexibility index (Phi) is 9.66. The first-order valence-corrected chi connectivity index (χ1v) is 13.4. The molecule has 3 rings (SSSR count). The van der Waals surface area contributed by atoms with Gasteiger partial charge in [-0.2, -0.15) is 12.6 Å². The van der Waals surface area contributed by atoms with Crippen LogP contribution in [0.2, 0.25) is 0 Å². The molecule has 0 aliphatic carbocycles. The van der Waals surface area contributed by atoms with Gasteiger partial charge in [-0.05, 0) is 69.2 Å². The van der Waals surface area contributed by atoms with Crippen LogP contribution < -0.4 is 10.6 Å². The van der Waals surface area contributed by atoms with Crippen LogP contribution in [0.3, 0.4) is 0 Å². The van der Waals surface area contributed by atoms with E-state index in [9.17, 15) is 14.4 Å². The molecule has 3 amide bonds. The van der Waals surface area contributed by atoms with Crippen molar-refractivity contribution < 1.29 is 19.1 Å². The largest absolute Gasteiger partial charge is 0.444 e. The van der Waals surface area contributed by atoms with Crippen molar-refractivity contribution in [3.8, 4) is 12.3 Å². The van der Waals surface area contributed by atoms with Crippen LogP contribution in [0, 0.1) is 12.3 Å². The molecule has 39 heavy (non-hydrogen) atoms. The van der Waals surface area contributed by atoms with E-state index in [1.807, 2.05) is 42.5 Å². The van der Waals surface area contributed by atoms with Gasteiger partial charge in [-0.25, -0.2) is 4.79 Å². The van der Waals surface area contributed by atoms with E-state index in [1.54, 1.807) is 58.9 Å². The van der Waals surface area contributed by atoms with Crippen LogP contribution in [0.15, 0.2) is 66.7 Å². The summed E-state index contributed by atoms with van der Waals surface area (Å²) in [6, 6.07) is 17.9. The molecule has 0 bridgehead atoms. The number of anilines is 1. The summed E-state index contributed by atoms with van der Waals surface area (Å²) in [6.07, 6.45) is 5.05. The molecule has 0 radical (unpaired) electrons. The summed E-state index contributed by atoms with van der Waals surface area (Å²) in [6.45, 7) is 8.79. The van der Waals surface area contributed by atoms with Crippen molar-refractivity contribution in [2.24, 2.45) is 0 Å². The first-order valence-electron chi connectivity index (χ1n) is 12.7. The highest BCUT2D eigenvalue weighted by molar-refractivity contribution is 7.80. The lowest BCUT2D eigenvalue weighted by Crippen LogP contribution is -2.55. The van der Waals surface area contributed by atoms with Gasteiger partial charge in [0.2, 0.25) is 5.91 Å². The third kappa shape index (κ3) is 7.55. The molecule has 204 valence electrons. The number of rotatable bonds is 8. The highest BCUT2D eigenvalue weighted by Gasteiger charge is 2.38.